The molecule has 89 heavy (non-hydrogen) atoms. The first-order valence-corrected chi connectivity index (χ1v) is 39.9. The van der Waals surface area contributed by atoms with Gasteiger partial charge in [0.2, 0.25) is 0 Å². The van der Waals surface area contributed by atoms with Crippen LogP contribution in [0.15, 0.2) is 0 Å². The van der Waals surface area contributed by atoms with E-state index in [4.69, 9.17) is 0 Å². The van der Waals surface area contributed by atoms with Crippen molar-refractivity contribution in [2.45, 2.75) is 490 Å². The molecular weight excluding hydrogens is 1180 g/mol. The molecule has 0 aromatic carbocycles. The monoisotopic (exact) mass is 1340 g/mol. The van der Waals surface area contributed by atoms with E-state index in [9.17, 15) is 39.6 Å². The van der Waals surface area contributed by atoms with Crippen molar-refractivity contribution in [3.8, 4) is 0 Å². The minimum absolute atomic E-state index is 0. The van der Waals surface area contributed by atoms with E-state index in [0.717, 1.165) is 51.4 Å². The normalized spacial score (nSPS) is 10.8. The first kappa shape index (κ1) is 96.5. The van der Waals surface area contributed by atoms with Crippen LogP contribution in [0.25, 0.3) is 0 Å². The van der Waals surface area contributed by atoms with Crippen molar-refractivity contribution >= 4 is 23.9 Å². The zero-order valence-electron chi connectivity index (χ0n) is 60.7. The predicted molar refractivity (Wildman–Crippen MR) is 375 cm³/mol. The van der Waals surface area contributed by atoms with E-state index in [0.29, 0.717) is 0 Å². The van der Waals surface area contributed by atoms with Crippen LogP contribution in [0.1, 0.15) is 490 Å². The second-order valence-electron chi connectivity index (χ2n) is 27.1. The Balaban J connectivity index is -0.000000351. The molecule has 0 aliphatic heterocycles. The van der Waals surface area contributed by atoms with E-state index in [1.807, 2.05) is 0 Å². The van der Waals surface area contributed by atoms with Crippen molar-refractivity contribution < 1.29 is 65.8 Å². The van der Waals surface area contributed by atoms with Gasteiger partial charge in [-0.15, -0.1) is 0 Å². The summed E-state index contributed by atoms with van der Waals surface area (Å²) in [6, 6.07) is 0. The Morgan fingerprint density at radius 1 is 0.146 bits per heavy atom. The Morgan fingerprint density at radius 2 is 0.213 bits per heavy atom. The molecule has 0 aliphatic carbocycles. The summed E-state index contributed by atoms with van der Waals surface area (Å²) in [4.78, 5) is 41.0. The second kappa shape index (κ2) is 93.2. The van der Waals surface area contributed by atoms with Crippen molar-refractivity contribution in [1.29, 1.82) is 0 Å². The zero-order valence-corrected chi connectivity index (χ0v) is 63.1. The Bertz CT molecular complexity index is 1100. The third-order valence-electron chi connectivity index (χ3n) is 17.9. The Kier molecular flexibility index (Phi) is 101. The third-order valence-corrected chi connectivity index (χ3v) is 17.9. The van der Waals surface area contributed by atoms with E-state index >= 15 is 0 Å². The maximum atomic E-state index is 10.2. The summed E-state index contributed by atoms with van der Waals surface area (Å²) in [7, 11) is 0. The van der Waals surface area contributed by atoms with Gasteiger partial charge in [0.1, 0.15) is 0 Å². The van der Waals surface area contributed by atoms with Gasteiger partial charge in [-0.05, 0) is 51.4 Å². The van der Waals surface area contributed by atoms with Gasteiger partial charge in [0.25, 0.3) is 0 Å². The molecule has 0 atom stereocenters. The van der Waals surface area contributed by atoms with Gasteiger partial charge >= 0.3 is 26.2 Å². The zero-order chi connectivity index (χ0) is 65.2. The second-order valence-corrected chi connectivity index (χ2v) is 27.1. The molecule has 0 bridgehead atoms. The van der Waals surface area contributed by atoms with Crippen LogP contribution >= 0.6 is 0 Å². The fraction of sp³-hybridized carbons (Fsp3) is 0.950. The predicted octanol–water partition coefficient (Wildman–Crippen LogP) is 23.1. The molecule has 8 nitrogen and oxygen atoms in total. The minimum Gasteiger partial charge on any atom is -0.550 e. The standard InChI is InChI=1S/4C20H40O2.Zr/c4*1-2-3-4-5-6-7-8-9-10-11-12-13-14-15-16-17-18-19-20(21)22;/h4*2-19H2,1H3,(H,21,22);/q;;;;+4/p-4. The van der Waals surface area contributed by atoms with Gasteiger partial charge in [0.05, 0.1) is 0 Å². The Morgan fingerprint density at radius 3 is 0.281 bits per heavy atom. The van der Waals surface area contributed by atoms with Gasteiger partial charge in [0, 0.05) is 23.9 Å². The van der Waals surface area contributed by atoms with Crippen LogP contribution in [0.3, 0.4) is 0 Å². The molecule has 0 rings (SSSR count). The van der Waals surface area contributed by atoms with E-state index in [2.05, 4.69) is 27.7 Å². The molecule has 0 saturated heterocycles. The number of carboxylic acid groups (broad SMARTS) is 4. The number of carbonyl (C=O) groups is 4. The van der Waals surface area contributed by atoms with E-state index < -0.39 is 23.9 Å². The summed E-state index contributed by atoms with van der Waals surface area (Å²) in [6.07, 6.45) is 91.2. The first-order chi connectivity index (χ1) is 43.1. The molecule has 0 N–H and O–H groups in total. The molecule has 0 heterocycles. The number of aliphatic carboxylic acids is 4. The average molecular weight is 1340 g/mol. The molecule has 9 heteroatoms. The number of unbranched alkanes of at least 4 members (excludes halogenated alkanes) is 64. The largest absolute Gasteiger partial charge is 4.00 e. The molecule has 528 valence electrons. The number of carboxylic acids is 4. The number of rotatable bonds is 72. The average Bonchev–Trinajstić information content (AvgIpc) is 3.50. The van der Waals surface area contributed by atoms with Gasteiger partial charge in [-0.2, -0.15) is 0 Å². The summed E-state index contributed by atoms with van der Waals surface area (Å²) < 4.78 is 0. The number of hydrogen-bond acceptors (Lipinski definition) is 8. The van der Waals surface area contributed by atoms with Crippen LogP contribution in [0.2, 0.25) is 0 Å². The van der Waals surface area contributed by atoms with Crippen molar-refractivity contribution in [3.63, 3.8) is 0 Å². The van der Waals surface area contributed by atoms with Crippen molar-refractivity contribution in [2.24, 2.45) is 0 Å². The van der Waals surface area contributed by atoms with Gasteiger partial charge in [-0.1, -0.05) is 439 Å². The fourth-order valence-electron chi connectivity index (χ4n) is 12.0. The van der Waals surface area contributed by atoms with Crippen molar-refractivity contribution in [3.05, 3.63) is 0 Å². The van der Waals surface area contributed by atoms with E-state index in [1.54, 1.807) is 0 Å². The SMILES string of the molecule is CCCCCCCCCCCCCCCCCCCC(=O)[O-].CCCCCCCCCCCCCCCCCCCC(=O)[O-].CCCCCCCCCCCCCCCCCCCC(=O)[O-].CCCCCCCCCCCCCCCCCCCC(=O)[O-].[Zr+4]. The summed E-state index contributed by atoms with van der Waals surface area (Å²) in [6.45, 7) is 9.10. The molecule has 0 saturated carbocycles. The summed E-state index contributed by atoms with van der Waals surface area (Å²) in [5.74, 6) is -3.61. The van der Waals surface area contributed by atoms with Crippen LogP contribution in [0.4, 0.5) is 0 Å². The quantitative estimate of drug-likeness (QED) is 0.0544. The minimum atomic E-state index is -0.902. The first-order valence-electron chi connectivity index (χ1n) is 39.9. The van der Waals surface area contributed by atoms with Crippen LogP contribution in [0, 0.1) is 0 Å². The third kappa shape index (κ3) is 112. The number of hydrogen-bond donors (Lipinski definition) is 0. The molecule has 0 amide bonds. The van der Waals surface area contributed by atoms with Gasteiger partial charge in [-0.3, -0.25) is 0 Å². The molecule has 0 aromatic heterocycles. The summed E-state index contributed by atoms with van der Waals surface area (Å²) in [5, 5.41) is 41.0. The maximum absolute atomic E-state index is 10.2. The van der Waals surface area contributed by atoms with Gasteiger partial charge < -0.3 is 39.6 Å². The number of carbonyl (C=O) groups excluding carboxylic acids is 4. The molecule has 0 unspecified atom stereocenters. The molecular formula is C80H156O8Zr. The van der Waals surface area contributed by atoms with Crippen molar-refractivity contribution in [2.75, 3.05) is 0 Å². The van der Waals surface area contributed by atoms with Crippen LogP contribution in [0.5, 0.6) is 0 Å². The van der Waals surface area contributed by atoms with Gasteiger partial charge in [0.15, 0.2) is 0 Å². The smallest absolute Gasteiger partial charge is 0.550 e. The molecule has 0 radical (unpaired) electrons. The molecule has 0 fully saturated rings. The van der Waals surface area contributed by atoms with Crippen LogP contribution in [-0.2, 0) is 45.4 Å². The fourth-order valence-corrected chi connectivity index (χ4v) is 12.0. The summed E-state index contributed by atoms with van der Waals surface area (Å²) in [5.41, 5.74) is 0. The maximum Gasteiger partial charge on any atom is 4.00 e. The van der Waals surface area contributed by atoms with E-state index in [-0.39, 0.29) is 51.9 Å². The van der Waals surface area contributed by atoms with Crippen molar-refractivity contribution in [1.82, 2.24) is 0 Å². The molecule has 0 spiro atoms. The van der Waals surface area contributed by atoms with Crippen LogP contribution in [-0.4, -0.2) is 23.9 Å². The Hall–Kier alpha value is -1.24. The topological polar surface area (TPSA) is 161 Å². The van der Waals surface area contributed by atoms with Gasteiger partial charge in [-0.25, -0.2) is 0 Å². The van der Waals surface area contributed by atoms with Crippen LogP contribution < -0.4 is 20.4 Å². The molecule has 0 aromatic rings. The van der Waals surface area contributed by atoms with E-state index in [1.165, 1.54) is 385 Å². The Labute approximate surface area is 576 Å². The summed E-state index contributed by atoms with van der Waals surface area (Å²) >= 11 is 0. The molecule has 0 aliphatic rings.